The fraction of sp³-hybridized carbons (Fsp3) is 0.125. The molecule has 0 fully saturated rings. The number of nitrogens with one attached hydrogen (secondary N) is 1. The molecular formula is C16H12ClNO3. The molecule has 1 aliphatic heterocycles. The van der Waals surface area contributed by atoms with Crippen molar-refractivity contribution in [1.82, 2.24) is 0 Å². The molecule has 0 saturated carbocycles. The zero-order chi connectivity index (χ0) is 14.8. The lowest BCUT2D eigenvalue weighted by Crippen LogP contribution is -2.38. The van der Waals surface area contributed by atoms with Gasteiger partial charge in [0.25, 0.3) is 5.91 Å². The van der Waals surface area contributed by atoms with E-state index in [0.29, 0.717) is 22.7 Å². The number of esters is 1. The van der Waals surface area contributed by atoms with E-state index in [-0.39, 0.29) is 5.91 Å². The van der Waals surface area contributed by atoms with Crippen LogP contribution in [0, 0.1) is 0 Å². The van der Waals surface area contributed by atoms with Gasteiger partial charge in [-0.25, -0.2) is 4.79 Å². The molecule has 0 unspecified atom stereocenters. The lowest BCUT2D eigenvalue weighted by molar-refractivity contribution is -0.125. The fourth-order valence-corrected chi connectivity index (χ4v) is 2.44. The van der Waals surface area contributed by atoms with Crippen molar-refractivity contribution in [2.75, 3.05) is 5.32 Å². The first kappa shape index (κ1) is 13.6. The van der Waals surface area contributed by atoms with Crippen LogP contribution in [0.25, 0.3) is 0 Å². The quantitative estimate of drug-likeness (QED) is 0.867. The first-order chi connectivity index (χ1) is 10.1. The number of carbonyl (C=O) groups is 2. The van der Waals surface area contributed by atoms with Gasteiger partial charge in [0.2, 0.25) is 0 Å². The molecule has 1 aliphatic rings. The largest absolute Gasteiger partial charge is 0.448 e. The fourth-order valence-electron chi connectivity index (χ4n) is 2.25. The summed E-state index contributed by atoms with van der Waals surface area (Å²) < 4.78 is 5.19. The summed E-state index contributed by atoms with van der Waals surface area (Å²) in [5.74, 6) is -0.859. The summed E-state index contributed by atoms with van der Waals surface area (Å²) in [4.78, 5) is 24.1. The second-order valence-corrected chi connectivity index (χ2v) is 5.13. The maximum atomic E-state index is 12.2. The predicted molar refractivity (Wildman–Crippen MR) is 79.4 cm³/mol. The number of benzene rings is 2. The first-order valence-corrected chi connectivity index (χ1v) is 6.87. The normalized spacial score (nSPS) is 16.8. The van der Waals surface area contributed by atoms with Gasteiger partial charge in [-0.1, -0.05) is 41.9 Å². The smallest absolute Gasteiger partial charge is 0.339 e. The van der Waals surface area contributed by atoms with E-state index in [9.17, 15) is 9.59 Å². The minimum atomic E-state index is -0.844. The van der Waals surface area contributed by atoms with Gasteiger partial charge < -0.3 is 10.1 Å². The van der Waals surface area contributed by atoms with Gasteiger partial charge in [-0.15, -0.1) is 0 Å². The van der Waals surface area contributed by atoms with Crippen LogP contribution in [0.4, 0.5) is 5.69 Å². The molecule has 0 bridgehead atoms. The van der Waals surface area contributed by atoms with Gasteiger partial charge >= 0.3 is 5.97 Å². The number of halogens is 1. The van der Waals surface area contributed by atoms with E-state index < -0.39 is 12.1 Å². The molecule has 106 valence electrons. The number of ether oxygens (including phenoxy) is 1. The molecule has 2 aromatic carbocycles. The van der Waals surface area contributed by atoms with Crippen LogP contribution in [0.3, 0.4) is 0 Å². The third-order valence-electron chi connectivity index (χ3n) is 3.32. The van der Waals surface area contributed by atoms with Gasteiger partial charge in [0.05, 0.1) is 16.3 Å². The van der Waals surface area contributed by atoms with Gasteiger partial charge in [-0.2, -0.15) is 0 Å². The van der Waals surface area contributed by atoms with Crippen LogP contribution in [0.2, 0.25) is 5.02 Å². The van der Waals surface area contributed by atoms with Crippen LogP contribution in [0.15, 0.2) is 48.5 Å². The summed E-state index contributed by atoms with van der Waals surface area (Å²) in [6.07, 6.45) is -0.484. The summed E-state index contributed by atoms with van der Waals surface area (Å²) >= 11 is 5.99. The van der Waals surface area contributed by atoms with E-state index >= 15 is 0 Å². The summed E-state index contributed by atoms with van der Waals surface area (Å²) in [6, 6.07) is 14.0. The highest BCUT2D eigenvalue weighted by Crippen LogP contribution is 2.24. The van der Waals surface area contributed by atoms with Crippen LogP contribution in [0.5, 0.6) is 0 Å². The number of amides is 1. The number of carbonyl (C=O) groups excluding carboxylic acids is 2. The van der Waals surface area contributed by atoms with Crippen LogP contribution in [0.1, 0.15) is 15.9 Å². The molecule has 1 heterocycles. The number of hydrogen-bond acceptors (Lipinski definition) is 3. The third kappa shape index (κ3) is 2.76. The van der Waals surface area contributed by atoms with Crippen molar-refractivity contribution in [2.24, 2.45) is 0 Å². The first-order valence-electron chi connectivity index (χ1n) is 6.49. The van der Waals surface area contributed by atoms with Gasteiger partial charge in [-0.3, -0.25) is 4.79 Å². The Morgan fingerprint density at radius 2 is 1.86 bits per heavy atom. The number of fused-ring (bicyclic) bond motifs is 1. The Labute approximate surface area is 126 Å². The molecule has 3 rings (SSSR count). The maximum absolute atomic E-state index is 12.2. The van der Waals surface area contributed by atoms with E-state index in [4.69, 9.17) is 16.3 Å². The van der Waals surface area contributed by atoms with Crippen molar-refractivity contribution < 1.29 is 14.3 Å². The minimum Gasteiger partial charge on any atom is -0.448 e. The number of cyclic esters (lactones) is 1. The zero-order valence-electron chi connectivity index (χ0n) is 11.0. The van der Waals surface area contributed by atoms with Crippen molar-refractivity contribution in [1.29, 1.82) is 0 Å². The second-order valence-electron chi connectivity index (χ2n) is 4.72. The molecule has 21 heavy (non-hydrogen) atoms. The lowest BCUT2D eigenvalue weighted by Gasteiger charge is -2.23. The Morgan fingerprint density at radius 1 is 1.14 bits per heavy atom. The minimum absolute atomic E-state index is 0.359. The van der Waals surface area contributed by atoms with Crippen molar-refractivity contribution >= 4 is 29.2 Å². The average Bonchev–Trinajstić information content (AvgIpc) is 2.49. The Kier molecular flexibility index (Phi) is 3.62. The van der Waals surface area contributed by atoms with Crippen molar-refractivity contribution in [3.63, 3.8) is 0 Å². The summed E-state index contributed by atoms with van der Waals surface area (Å²) in [5, 5.41) is 3.12. The maximum Gasteiger partial charge on any atom is 0.339 e. The topological polar surface area (TPSA) is 55.4 Å². The Hall–Kier alpha value is -2.33. The van der Waals surface area contributed by atoms with Gasteiger partial charge in [0, 0.05) is 6.42 Å². The zero-order valence-corrected chi connectivity index (χ0v) is 11.8. The SMILES string of the molecule is O=C1O[C@@H](C(=O)Nc2ccccc2Cl)Cc2ccccc21. The van der Waals surface area contributed by atoms with Crippen LogP contribution >= 0.6 is 11.6 Å². The molecule has 0 spiro atoms. The molecule has 2 aromatic rings. The summed E-state index contributed by atoms with van der Waals surface area (Å²) in [7, 11) is 0. The average molecular weight is 302 g/mol. The monoisotopic (exact) mass is 301 g/mol. The molecular weight excluding hydrogens is 290 g/mol. The Morgan fingerprint density at radius 3 is 2.67 bits per heavy atom. The van der Waals surface area contributed by atoms with Crippen molar-refractivity contribution in [2.45, 2.75) is 12.5 Å². The van der Waals surface area contributed by atoms with E-state index in [1.165, 1.54) is 0 Å². The van der Waals surface area contributed by atoms with Crippen molar-refractivity contribution in [3.8, 4) is 0 Å². The number of rotatable bonds is 2. The highest BCUT2D eigenvalue weighted by atomic mass is 35.5. The van der Waals surface area contributed by atoms with E-state index in [1.54, 1.807) is 36.4 Å². The van der Waals surface area contributed by atoms with Crippen LogP contribution in [-0.2, 0) is 16.0 Å². The predicted octanol–water partition coefficient (Wildman–Crippen LogP) is 3.06. The lowest BCUT2D eigenvalue weighted by atomic mass is 9.98. The highest BCUT2D eigenvalue weighted by Gasteiger charge is 2.31. The molecule has 1 amide bonds. The molecule has 1 atom stereocenters. The van der Waals surface area contributed by atoms with Crippen molar-refractivity contribution in [3.05, 3.63) is 64.7 Å². The Balaban J connectivity index is 1.78. The van der Waals surface area contributed by atoms with Gasteiger partial charge in [0.15, 0.2) is 6.10 Å². The highest BCUT2D eigenvalue weighted by molar-refractivity contribution is 6.33. The second kappa shape index (κ2) is 5.58. The van der Waals surface area contributed by atoms with Gasteiger partial charge in [-0.05, 0) is 23.8 Å². The molecule has 0 aromatic heterocycles. The number of anilines is 1. The standard InChI is InChI=1S/C16H12ClNO3/c17-12-7-3-4-8-13(12)18-15(19)14-9-10-5-1-2-6-11(10)16(20)21-14/h1-8,14H,9H2,(H,18,19)/t14-/m1/s1. The number of hydrogen-bond donors (Lipinski definition) is 1. The summed E-state index contributed by atoms with van der Waals surface area (Å²) in [6.45, 7) is 0. The van der Waals surface area contributed by atoms with Crippen LogP contribution < -0.4 is 5.32 Å². The van der Waals surface area contributed by atoms with Gasteiger partial charge in [0.1, 0.15) is 0 Å². The molecule has 4 nitrogen and oxygen atoms in total. The molecule has 1 N–H and O–H groups in total. The molecule has 0 saturated heterocycles. The van der Waals surface area contributed by atoms with Crippen LogP contribution in [-0.4, -0.2) is 18.0 Å². The van der Waals surface area contributed by atoms with E-state index in [2.05, 4.69) is 5.32 Å². The third-order valence-corrected chi connectivity index (χ3v) is 3.65. The molecule has 5 heteroatoms. The number of para-hydroxylation sites is 1. The van der Waals surface area contributed by atoms with E-state index in [0.717, 1.165) is 5.56 Å². The molecule has 0 radical (unpaired) electrons. The Bertz CT molecular complexity index is 714. The van der Waals surface area contributed by atoms with E-state index in [1.807, 2.05) is 12.1 Å². The summed E-state index contributed by atoms with van der Waals surface area (Å²) in [5.41, 5.74) is 1.83. The molecule has 0 aliphatic carbocycles.